The van der Waals surface area contributed by atoms with E-state index in [-0.39, 0.29) is 5.41 Å². The third kappa shape index (κ3) is 2.78. The number of ether oxygens (including phenoxy) is 2. The Kier molecular flexibility index (Phi) is 3.65. The molecule has 17 heavy (non-hydrogen) atoms. The molecule has 3 nitrogen and oxygen atoms in total. The Morgan fingerprint density at radius 1 is 1.41 bits per heavy atom. The van der Waals surface area contributed by atoms with Gasteiger partial charge in [-0.2, -0.15) is 5.26 Å². The van der Waals surface area contributed by atoms with Crippen LogP contribution in [0.25, 0.3) is 0 Å². The Morgan fingerprint density at radius 3 is 2.82 bits per heavy atom. The first-order valence-corrected chi connectivity index (χ1v) is 5.90. The van der Waals surface area contributed by atoms with Crippen molar-refractivity contribution >= 4 is 0 Å². The summed E-state index contributed by atoms with van der Waals surface area (Å²) < 4.78 is 10.5. The van der Waals surface area contributed by atoms with Gasteiger partial charge in [-0.15, -0.1) is 0 Å². The van der Waals surface area contributed by atoms with Gasteiger partial charge in [0.1, 0.15) is 5.75 Å². The molecule has 0 saturated carbocycles. The van der Waals surface area contributed by atoms with E-state index in [2.05, 4.69) is 12.1 Å². The predicted molar refractivity (Wildman–Crippen MR) is 64.8 cm³/mol. The normalized spacial score (nSPS) is 18.4. The van der Waals surface area contributed by atoms with Crippen LogP contribution in [0.3, 0.4) is 0 Å². The molecular weight excluding hydrogens is 214 g/mol. The van der Waals surface area contributed by atoms with E-state index in [1.165, 1.54) is 0 Å². The van der Waals surface area contributed by atoms with Gasteiger partial charge in [0.2, 0.25) is 0 Å². The molecule has 0 unspecified atom stereocenters. The second-order valence-electron chi connectivity index (χ2n) is 4.53. The van der Waals surface area contributed by atoms with Gasteiger partial charge in [0.15, 0.2) is 0 Å². The van der Waals surface area contributed by atoms with Gasteiger partial charge in [0.05, 0.1) is 18.6 Å². The van der Waals surface area contributed by atoms with Crippen LogP contribution >= 0.6 is 0 Å². The first kappa shape index (κ1) is 11.9. The van der Waals surface area contributed by atoms with Crippen LogP contribution in [0.1, 0.15) is 18.4 Å². The summed E-state index contributed by atoms with van der Waals surface area (Å²) in [4.78, 5) is 0. The molecule has 1 fully saturated rings. The number of hydrogen-bond acceptors (Lipinski definition) is 3. The maximum Gasteiger partial charge on any atom is 0.119 e. The third-order valence-corrected chi connectivity index (χ3v) is 3.36. The topological polar surface area (TPSA) is 42.2 Å². The number of nitriles is 1. The van der Waals surface area contributed by atoms with E-state index < -0.39 is 0 Å². The minimum atomic E-state index is -0.259. The summed E-state index contributed by atoms with van der Waals surface area (Å²) >= 11 is 0. The van der Waals surface area contributed by atoms with E-state index >= 15 is 0 Å². The fourth-order valence-corrected chi connectivity index (χ4v) is 2.26. The van der Waals surface area contributed by atoms with Crippen molar-refractivity contribution in [1.29, 1.82) is 5.26 Å². The van der Waals surface area contributed by atoms with Crippen LogP contribution in [-0.4, -0.2) is 20.3 Å². The summed E-state index contributed by atoms with van der Waals surface area (Å²) in [5.74, 6) is 0.850. The van der Waals surface area contributed by atoms with Crippen molar-refractivity contribution in [2.75, 3.05) is 20.3 Å². The van der Waals surface area contributed by atoms with Crippen LogP contribution in [-0.2, 0) is 11.2 Å². The van der Waals surface area contributed by atoms with Gasteiger partial charge in [-0.05, 0) is 37.0 Å². The quantitative estimate of drug-likeness (QED) is 0.802. The summed E-state index contributed by atoms with van der Waals surface area (Å²) in [7, 11) is 1.66. The molecule has 0 spiro atoms. The molecule has 1 saturated heterocycles. The zero-order valence-corrected chi connectivity index (χ0v) is 10.1. The van der Waals surface area contributed by atoms with E-state index in [1.54, 1.807) is 7.11 Å². The summed E-state index contributed by atoms with van der Waals surface area (Å²) in [6, 6.07) is 10.4. The van der Waals surface area contributed by atoms with Crippen molar-refractivity contribution in [2.45, 2.75) is 19.3 Å². The van der Waals surface area contributed by atoms with E-state index in [0.29, 0.717) is 13.2 Å². The number of hydrogen-bond donors (Lipinski definition) is 0. The third-order valence-electron chi connectivity index (χ3n) is 3.36. The number of methoxy groups -OCH3 is 1. The first-order valence-electron chi connectivity index (χ1n) is 5.90. The highest BCUT2D eigenvalue weighted by Crippen LogP contribution is 2.34. The average molecular weight is 231 g/mol. The molecule has 0 N–H and O–H groups in total. The number of nitrogens with zero attached hydrogens (tertiary/aromatic N) is 1. The molecule has 1 aliphatic heterocycles. The molecule has 0 atom stereocenters. The lowest BCUT2D eigenvalue weighted by Crippen LogP contribution is -2.30. The molecular formula is C14H17NO2. The van der Waals surface area contributed by atoms with Gasteiger partial charge in [-0.25, -0.2) is 0 Å². The molecule has 3 heteroatoms. The molecule has 2 rings (SSSR count). The minimum Gasteiger partial charge on any atom is -0.497 e. The number of benzene rings is 1. The van der Waals surface area contributed by atoms with Gasteiger partial charge >= 0.3 is 0 Å². The summed E-state index contributed by atoms with van der Waals surface area (Å²) in [6.45, 7) is 1.38. The van der Waals surface area contributed by atoms with Gasteiger partial charge < -0.3 is 9.47 Å². The van der Waals surface area contributed by atoms with E-state index in [1.807, 2.05) is 18.2 Å². The van der Waals surface area contributed by atoms with Crippen molar-refractivity contribution in [3.8, 4) is 11.8 Å². The maximum atomic E-state index is 9.39. The lowest BCUT2D eigenvalue weighted by molar-refractivity contribution is 0.0406. The second kappa shape index (κ2) is 5.20. The standard InChI is InChI=1S/C14H17NO2/c1-16-13-4-2-3-12(9-13)10-14(11-15)5-7-17-8-6-14/h2-4,9H,5-8,10H2,1H3. The monoisotopic (exact) mass is 231 g/mol. The zero-order valence-electron chi connectivity index (χ0n) is 10.1. The fraction of sp³-hybridized carbons (Fsp3) is 0.500. The Labute approximate surface area is 102 Å². The lowest BCUT2D eigenvalue weighted by atomic mass is 9.76. The molecule has 1 aliphatic rings. The van der Waals surface area contributed by atoms with Gasteiger partial charge in [-0.3, -0.25) is 0 Å². The largest absolute Gasteiger partial charge is 0.497 e. The molecule has 0 aromatic heterocycles. The van der Waals surface area contributed by atoms with Crippen molar-refractivity contribution in [2.24, 2.45) is 5.41 Å². The van der Waals surface area contributed by atoms with Gasteiger partial charge in [0.25, 0.3) is 0 Å². The van der Waals surface area contributed by atoms with Crippen molar-refractivity contribution < 1.29 is 9.47 Å². The molecule has 1 aromatic rings. The minimum absolute atomic E-state index is 0.259. The van der Waals surface area contributed by atoms with E-state index in [0.717, 1.165) is 30.6 Å². The predicted octanol–water partition coefficient (Wildman–Crippen LogP) is 2.56. The maximum absolute atomic E-state index is 9.39. The van der Waals surface area contributed by atoms with E-state index in [4.69, 9.17) is 9.47 Å². The van der Waals surface area contributed by atoms with Crippen molar-refractivity contribution in [3.05, 3.63) is 29.8 Å². The van der Waals surface area contributed by atoms with E-state index in [9.17, 15) is 5.26 Å². The van der Waals surface area contributed by atoms with Crippen LogP contribution in [0.2, 0.25) is 0 Å². The van der Waals surface area contributed by atoms with Crippen LogP contribution < -0.4 is 4.74 Å². The highest BCUT2D eigenvalue weighted by molar-refractivity contribution is 5.30. The van der Waals surface area contributed by atoms with Crippen LogP contribution in [0.5, 0.6) is 5.75 Å². The smallest absolute Gasteiger partial charge is 0.119 e. The molecule has 0 bridgehead atoms. The Morgan fingerprint density at radius 2 is 2.18 bits per heavy atom. The highest BCUT2D eigenvalue weighted by Gasteiger charge is 2.32. The Balaban J connectivity index is 2.15. The molecule has 0 radical (unpaired) electrons. The van der Waals surface area contributed by atoms with Crippen LogP contribution in [0.15, 0.2) is 24.3 Å². The first-order chi connectivity index (χ1) is 8.28. The highest BCUT2D eigenvalue weighted by atomic mass is 16.5. The molecule has 0 amide bonds. The van der Waals surface area contributed by atoms with Crippen molar-refractivity contribution in [1.82, 2.24) is 0 Å². The Bertz CT molecular complexity index is 416. The summed E-state index contributed by atoms with van der Waals surface area (Å²) in [5, 5.41) is 9.39. The van der Waals surface area contributed by atoms with Gasteiger partial charge in [-0.1, -0.05) is 12.1 Å². The fourth-order valence-electron chi connectivity index (χ4n) is 2.26. The SMILES string of the molecule is COc1cccc(CC2(C#N)CCOCC2)c1. The molecule has 1 heterocycles. The van der Waals surface area contributed by atoms with Crippen molar-refractivity contribution in [3.63, 3.8) is 0 Å². The second-order valence-corrected chi connectivity index (χ2v) is 4.53. The summed E-state index contributed by atoms with van der Waals surface area (Å²) in [6.07, 6.45) is 2.42. The average Bonchev–Trinajstić information content (AvgIpc) is 2.40. The number of rotatable bonds is 3. The van der Waals surface area contributed by atoms with Crippen LogP contribution in [0, 0.1) is 16.7 Å². The van der Waals surface area contributed by atoms with Crippen LogP contribution in [0.4, 0.5) is 0 Å². The van der Waals surface area contributed by atoms with Gasteiger partial charge in [0, 0.05) is 13.2 Å². The Hall–Kier alpha value is -1.53. The zero-order chi connectivity index (χ0) is 12.1. The summed E-state index contributed by atoms with van der Waals surface area (Å²) in [5.41, 5.74) is 0.901. The molecule has 90 valence electrons. The molecule has 1 aromatic carbocycles. The lowest BCUT2D eigenvalue weighted by Gasteiger charge is -2.30. The molecule has 0 aliphatic carbocycles.